The molecule has 82 valence electrons. The van der Waals surface area contributed by atoms with Crippen LogP contribution in [0.25, 0.3) is 0 Å². The van der Waals surface area contributed by atoms with E-state index in [2.05, 4.69) is 15.3 Å². The maximum atomic E-state index is 12.4. The van der Waals surface area contributed by atoms with Gasteiger partial charge in [0, 0.05) is 18.3 Å². The van der Waals surface area contributed by atoms with Gasteiger partial charge in [0.15, 0.2) is 0 Å². The van der Waals surface area contributed by atoms with Crippen LogP contribution in [0.2, 0.25) is 0 Å². The van der Waals surface area contributed by atoms with Crippen molar-refractivity contribution in [2.45, 2.75) is 32.1 Å². The monoisotopic (exact) mass is 217 g/mol. The minimum atomic E-state index is -4.48. The second kappa shape index (κ2) is 2.91. The van der Waals surface area contributed by atoms with Crippen LogP contribution in [0.15, 0.2) is 6.20 Å². The van der Waals surface area contributed by atoms with Gasteiger partial charge < -0.3 is 5.32 Å². The minimum absolute atomic E-state index is 0.435. The van der Waals surface area contributed by atoms with E-state index < -0.39 is 17.5 Å². The molecular formula is C9H10F3N3. The molecule has 0 amide bonds. The predicted molar refractivity (Wildman–Crippen MR) is 46.9 cm³/mol. The summed E-state index contributed by atoms with van der Waals surface area (Å²) in [4.78, 5) is 6.89. The largest absolute Gasteiger partial charge is 0.451 e. The van der Waals surface area contributed by atoms with Crippen LogP contribution in [-0.4, -0.2) is 9.97 Å². The van der Waals surface area contributed by atoms with E-state index in [4.69, 9.17) is 0 Å². The summed E-state index contributed by atoms with van der Waals surface area (Å²) in [6.07, 6.45) is -3.24. The highest BCUT2D eigenvalue weighted by Gasteiger charge is 2.38. The molecule has 6 heteroatoms. The maximum absolute atomic E-state index is 12.4. The molecule has 0 unspecified atom stereocenters. The van der Waals surface area contributed by atoms with Gasteiger partial charge in [0.25, 0.3) is 0 Å². The van der Waals surface area contributed by atoms with Crippen molar-refractivity contribution in [3.8, 4) is 0 Å². The lowest BCUT2D eigenvalue weighted by Crippen LogP contribution is -2.30. The number of hydrogen-bond donors (Lipinski definition) is 1. The molecule has 15 heavy (non-hydrogen) atoms. The summed E-state index contributed by atoms with van der Waals surface area (Å²) in [7, 11) is 0. The first-order valence-corrected chi connectivity index (χ1v) is 4.49. The predicted octanol–water partition coefficient (Wildman–Crippen LogP) is 1.83. The molecule has 0 radical (unpaired) electrons. The number of halogens is 3. The molecule has 2 heterocycles. The lowest BCUT2D eigenvalue weighted by Gasteiger charge is -2.18. The van der Waals surface area contributed by atoms with Crippen LogP contribution in [0, 0.1) is 0 Å². The number of hydrogen-bond acceptors (Lipinski definition) is 3. The Kier molecular flexibility index (Phi) is 2.01. The Morgan fingerprint density at radius 1 is 1.40 bits per heavy atom. The molecular weight excluding hydrogens is 207 g/mol. The summed E-state index contributed by atoms with van der Waals surface area (Å²) in [5.74, 6) is -1.07. The first kappa shape index (κ1) is 10.4. The summed E-state index contributed by atoms with van der Waals surface area (Å²) >= 11 is 0. The highest BCUT2D eigenvalue weighted by Crippen LogP contribution is 2.32. The summed E-state index contributed by atoms with van der Waals surface area (Å²) < 4.78 is 37.1. The molecule has 0 saturated carbocycles. The van der Waals surface area contributed by atoms with Gasteiger partial charge in [-0.3, -0.25) is 0 Å². The quantitative estimate of drug-likeness (QED) is 0.720. The van der Waals surface area contributed by atoms with Crippen molar-refractivity contribution in [3.05, 3.63) is 23.3 Å². The minimum Gasteiger partial charge on any atom is -0.302 e. The van der Waals surface area contributed by atoms with E-state index in [1.807, 2.05) is 0 Å². The van der Waals surface area contributed by atoms with E-state index in [9.17, 15) is 13.2 Å². The van der Waals surface area contributed by atoms with Crippen molar-refractivity contribution < 1.29 is 13.2 Å². The summed E-state index contributed by atoms with van der Waals surface area (Å²) in [6.45, 7) is 4.11. The van der Waals surface area contributed by atoms with Crippen molar-refractivity contribution >= 4 is 0 Å². The zero-order chi connectivity index (χ0) is 11.3. The maximum Gasteiger partial charge on any atom is 0.451 e. The van der Waals surface area contributed by atoms with Crippen molar-refractivity contribution in [3.63, 3.8) is 0 Å². The molecule has 0 atom stereocenters. The van der Waals surface area contributed by atoms with Crippen molar-refractivity contribution in [2.24, 2.45) is 0 Å². The third kappa shape index (κ3) is 1.69. The van der Waals surface area contributed by atoms with Gasteiger partial charge in [-0.05, 0) is 13.8 Å². The Bertz CT molecular complexity index is 398. The van der Waals surface area contributed by atoms with Gasteiger partial charge in [-0.25, -0.2) is 9.97 Å². The van der Waals surface area contributed by atoms with Crippen LogP contribution < -0.4 is 5.32 Å². The van der Waals surface area contributed by atoms with Crippen LogP contribution >= 0.6 is 0 Å². The van der Waals surface area contributed by atoms with E-state index in [0.29, 0.717) is 12.2 Å². The second-order valence-electron chi connectivity index (χ2n) is 4.04. The third-order valence-electron chi connectivity index (χ3n) is 2.43. The zero-order valence-corrected chi connectivity index (χ0v) is 8.31. The Balaban J connectivity index is 2.51. The van der Waals surface area contributed by atoms with E-state index in [0.717, 1.165) is 5.56 Å². The SMILES string of the molecule is CC1(C)NCc2cnc(C(F)(F)F)nc21. The molecule has 1 N–H and O–H groups in total. The lowest BCUT2D eigenvalue weighted by atomic mass is 10.0. The summed E-state index contributed by atoms with van der Waals surface area (Å²) in [5, 5.41) is 3.07. The Morgan fingerprint density at radius 2 is 2.07 bits per heavy atom. The van der Waals surface area contributed by atoms with E-state index in [1.165, 1.54) is 6.20 Å². The lowest BCUT2D eigenvalue weighted by molar-refractivity contribution is -0.145. The average molecular weight is 217 g/mol. The van der Waals surface area contributed by atoms with E-state index in [-0.39, 0.29) is 0 Å². The molecule has 1 aromatic rings. The number of alkyl halides is 3. The fourth-order valence-electron chi connectivity index (χ4n) is 1.61. The smallest absolute Gasteiger partial charge is 0.302 e. The zero-order valence-electron chi connectivity index (χ0n) is 8.31. The fraction of sp³-hybridized carbons (Fsp3) is 0.556. The highest BCUT2D eigenvalue weighted by atomic mass is 19.4. The standard InChI is InChI=1S/C9H10F3N3/c1-8(2)6-5(4-14-8)3-13-7(15-6)9(10,11)12/h3,14H,4H2,1-2H3. The molecule has 0 fully saturated rings. The van der Waals surface area contributed by atoms with Crippen LogP contribution in [0.5, 0.6) is 0 Å². The highest BCUT2D eigenvalue weighted by molar-refractivity contribution is 5.29. The third-order valence-corrected chi connectivity index (χ3v) is 2.43. The van der Waals surface area contributed by atoms with Crippen molar-refractivity contribution in [1.82, 2.24) is 15.3 Å². The van der Waals surface area contributed by atoms with Gasteiger partial charge in [-0.1, -0.05) is 0 Å². The van der Waals surface area contributed by atoms with Crippen molar-refractivity contribution in [1.29, 1.82) is 0 Å². The summed E-state index contributed by atoms with van der Waals surface area (Å²) in [6, 6.07) is 0. The number of nitrogens with one attached hydrogen (secondary N) is 1. The van der Waals surface area contributed by atoms with E-state index >= 15 is 0 Å². The molecule has 2 rings (SSSR count). The van der Waals surface area contributed by atoms with Gasteiger partial charge in [0.1, 0.15) is 0 Å². The fourth-order valence-corrected chi connectivity index (χ4v) is 1.61. The van der Waals surface area contributed by atoms with Gasteiger partial charge in [-0.15, -0.1) is 0 Å². The second-order valence-corrected chi connectivity index (χ2v) is 4.04. The van der Waals surface area contributed by atoms with Gasteiger partial charge in [0.05, 0.1) is 11.2 Å². The van der Waals surface area contributed by atoms with E-state index in [1.54, 1.807) is 13.8 Å². The summed E-state index contributed by atoms with van der Waals surface area (Å²) in [5.41, 5.74) is 0.649. The molecule has 1 aliphatic rings. The van der Waals surface area contributed by atoms with Gasteiger partial charge in [0.2, 0.25) is 5.82 Å². The molecule has 1 aromatic heterocycles. The first-order valence-electron chi connectivity index (χ1n) is 4.49. The average Bonchev–Trinajstić information content (AvgIpc) is 2.41. The number of nitrogens with zero attached hydrogens (tertiary/aromatic N) is 2. The Labute approximate surface area is 84.7 Å². The Morgan fingerprint density at radius 3 is 2.67 bits per heavy atom. The molecule has 0 spiro atoms. The van der Waals surface area contributed by atoms with Crippen LogP contribution in [0.3, 0.4) is 0 Å². The number of rotatable bonds is 0. The van der Waals surface area contributed by atoms with Crippen LogP contribution in [0.1, 0.15) is 30.9 Å². The molecule has 0 aliphatic carbocycles. The first-order chi connectivity index (χ1) is 6.81. The topological polar surface area (TPSA) is 37.8 Å². The normalized spacial score (nSPS) is 19.0. The van der Waals surface area contributed by atoms with Gasteiger partial charge in [-0.2, -0.15) is 13.2 Å². The molecule has 0 bridgehead atoms. The number of aromatic nitrogens is 2. The molecule has 3 nitrogen and oxygen atoms in total. The Hall–Kier alpha value is -1.17. The number of fused-ring (bicyclic) bond motifs is 1. The van der Waals surface area contributed by atoms with Crippen LogP contribution in [-0.2, 0) is 18.3 Å². The molecule has 1 aliphatic heterocycles. The molecule has 0 saturated heterocycles. The van der Waals surface area contributed by atoms with Crippen molar-refractivity contribution in [2.75, 3.05) is 0 Å². The molecule has 0 aromatic carbocycles. The van der Waals surface area contributed by atoms with Gasteiger partial charge >= 0.3 is 6.18 Å². The van der Waals surface area contributed by atoms with Crippen LogP contribution in [0.4, 0.5) is 13.2 Å².